The van der Waals surface area contributed by atoms with Crippen LogP contribution in [0.5, 0.6) is 11.5 Å². The molecule has 2 rings (SSSR count). The van der Waals surface area contributed by atoms with E-state index in [4.69, 9.17) is 15.2 Å². The van der Waals surface area contributed by atoms with Crippen molar-refractivity contribution in [3.8, 4) is 11.5 Å². The SMILES string of the molecule is COc1cccc(C(C)CN)c1OC1CCCN(C)C1. The van der Waals surface area contributed by atoms with Crippen LogP contribution in [0.25, 0.3) is 0 Å². The summed E-state index contributed by atoms with van der Waals surface area (Å²) in [7, 11) is 3.83. The van der Waals surface area contributed by atoms with Crippen LogP contribution in [0.3, 0.4) is 0 Å². The lowest BCUT2D eigenvalue weighted by molar-refractivity contribution is 0.1000. The molecular weight excluding hydrogens is 252 g/mol. The second-order valence-electron chi connectivity index (χ2n) is 5.66. The Bertz CT molecular complexity index is 436. The van der Waals surface area contributed by atoms with Gasteiger partial charge in [-0.1, -0.05) is 19.1 Å². The number of likely N-dealkylation sites (tertiary alicyclic amines) is 1. The highest BCUT2D eigenvalue weighted by molar-refractivity contribution is 5.48. The van der Waals surface area contributed by atoms with Gasteiger partial charge < -0.3 is 20.1 Å². The number of likely N-dealkylation sites (N-methyl/N-ethyl adjacent to an activating group) is 1. The summed E-state index contributed by atoms with van der Waals surface area (Å²) >= 11 is 0. The van der Waals surface area contributed by atoms with E-state index < -0.39 is 0 Å². The fraction of sp³-hybridized carbons (Fsp3) is 0.625. The van der Waals surface area contributed by atoms with Gasteiger partial charge in [-0.2, -0.15) is 0 Å². The molecule has 0 saturated carbocycles. The quantitative estimate of drug-likeness (QED) is 0.897. The number of rotatable bonds is 5. The van der Waals surface area contributed by atoms with E-state index in [0.29, 0.717) is 6.54 Å². The molecular formula is C16H26N2O2. The maximum Gasteiger partial charge on any atom is 0.165 e. The Morgan fingerprint density at radius 3 is 2.90 bits per heavy atom. The molecule has 4 heteroatoms. The van der Waals surface area contributed by atoms with E-state index in [-0.39, 0.29) is 12.0 Å². The van der Waals surface area contributed by atoms with Crippen molar-refractivity contribution in [2.45, 2.75) is 31.8 Å². The maximum absolute atomic E-state index is 6.28. The van der Waals surface area contributed by atoms with Gasteiger partial charge in [0.2, 0.25) is 0 Å². The molecule has 1 aliphatic rings. The lowest BCUT2D eigenvalue weighted by Gasteiger charge is -2.31. The molecule has 0 spiro atoms. The summed E-state index contributed by atoms with van der Waals surface area (Å²) in [5, 5.41) is 0. The Morgan fingerprint density at radius 1 is 1.45 bits per heavy atom. The van der Waals surface area contributed by atoms with Crippen molar-refractivity contribution in [2.75, 3.05) is 33.8 Å². The van der Waals surface area contributed by atoms with E-state index in [1.54, 1.807) is 7.11 Å². The molecule has 1 saturated heterocycles. The standard InChI is InChI=1S/C16H26N2O2/c1-12(10-17)14-7-4-8-15(19-3)16(14)20-13-6-5-9-18(2)11-13/h4,7-8,12-13H,5-6,9-11,17H2,1-3H3. The summed E-state index contributed by atoms with van der Waals surface area (Å²) in [6.07, 6.45) is 2.51. The molecule has 2 N–H and O–H groups in total. The molecule has 1 fully saturated rings. The van der Waals surface area contributed by atoms with Crippen molar-refractivity contribution in [1.29, 1.82) is 0 Å². The van der Waals surface area contributed by atoms with Gasteiger partial charge in [0.15, 0.2) is 11.5 Å². The molecule has 112 valence electrons. The van der Waals surface area contributed by atoms with Crippen LogP contribution >= 0.6 is 0 Å². The molecule has 0 radical (unpaired) electrons. The Morgan fingerprint density at radius 2 is 2.25 bits per heavy atom. The molecule has 1 aromatic carbocycles. The lowest BCUT2D eigenvalue weighted by atomic mass is 9.99. The average molecular weight is 278 g/mol. The van der Waals surface area contributed by atoms with Crippen molar-refractivity contribution in [1.82, 2.24) is 4.90 Å². The van der Waals surface area contributed by atoms with Crippen LogP contribution in [0.4, 0.5) is 0 Å². The minimum atomic E-state index is 0.230. The molecule has 1 aromatic rings. The first-order valence-electron chi connectivity index (χ1n) is 7.37. The number of methoxy groups -OCH3 is 1. The third-order valence-corrected chi connectivity index (χ3v) is 3.98. The van der Waals surface area contributed by atoms with Crippen LogP contribution in [0.1, 0.15) is 31.2 Å². The number of piperidine rings is 1. The van der Waals surface area contributed by atoms with Crippen LogP contribution in [0.2, 0.25) is 0 Å². The zero-order valence-corrected chi connectivity index (χ0v) is 12.8. The van der Waals surface area contributed by atoms with Gasteiger partial charge >= 0.3 is 0 Å². The summed E-state index contributed by atoms with van der Waals surface area (Å²) < 4.78 is 11.7. The largest absolute Gasteiger partial charge is 0.493 e. The number of ether oxygens (including phenoxy) is 2. The van der Waals surface area contributed by atoms with Crippen molar-refractivity contribution in [2.24, 2.45) is 5.73 Å². The fourth-order valence-corrected chi connectivity index (χ4v) is 2.72. The Kier molecular flexibility index (Phi) is 5.26. The van der Waals surface area contributed by atoms with Crippen LogP contribution in [-0.4, -0.2) is 44.8 Å². The molecule has 0 bridgehead atoms. The number of para-hydroxylation sites is 1. The first kappa shape index (κ1) is 15.1. The van der Waals surface area contributed by atoms with E-state index >= 15 is 0 Å². The van der Waals surface area contributed by atoms with E-state index in [2.05, 4.69) is 24.9 Å². The zero-order valence-electron chi connectivity index (χ0n) is 12.8. The Labute approximate surface area is 121 Å². The van der Waals surface area contributed by atoms with Gasteiger partial charge in [-0.3, -0.25) is 0 Å². The number of nitrogens with zero attached hydrogens (tertiary/aromatic N) is 1. The molecule has 1 aliphatic heterocycles. The third-order valence-electron chi connectivity index (χ3n) is 3.98. The first-order chi connectivity index (χ1) is 9.65. The summed E-state index contributed by atoms with van der Waals surface area (Å²) in [5.74, 6) is 1.94. The lowest BCUT2D eigenvalue weighted by Crippen LogP contribution is -2.38. The highest BCUT2D eigenvalue weighted by Gasteiger charge is 2.23. The fourth-order valence-electron chi connectivity index (χ4n) is 2.72. The van der Waals surface area contributed by atoms with Gasteiger partial charge in [-0.25, -0.2) is 0 Å². The number of hydrogen-bond acceptors (Lipinski definition) is 4. The normalized spacial score (nSPS) is 21.5. The van der Waals surface area contributed by atoms with Gasteiger partial charge in [0.05, 0.1) is 7.11 Å². The van der Waals surface area contributed by atoms with Crippen LogP contribution < -0.4 is 15.2 Å². The Balaban J connectivity index is 2.23. The molecule has 1 heterocycles. The third kappa shape index (κ3) is 3.44. The second-order valence-corrected chi connectivity index (χ2v) is 5.66. The summed E-state index contributed by atoms with van der Waals surface area (Å²) in [5.41, 5.74) is 6.95. The van der Waals surface area contributed by atoms with Crippen molar-refractivity contribution in [3.63, 3.8) is 0 Å². The molecule has 0 aliphatic carbocycles. The predicted octanol–water partition coefficient (Wildman–Crippen LogP) is 2.23. The molecule has 2 unspecified atom stereocenters. The first-order valence-corrected chi connectivity index (χ1v) is 7.37. The number of benzene rings is 1. The van der Waals surface area contributed by atoms with E-state index in [1.807, 2.05) is 12.1 Å². The van der Waals surface area contributed by atoms with E-state index in [1.165, 1.54) is 6.42 Å². The van der Waals surface area contributed by atoms with Gasteiger partial charge in [-0.05, 0) is 45.0 Å². The van der Waals surface area contributed by atoms with Gasteiger partial charge in [0.1, 0.15) is 6.10 Å². The van der Waals surface area contributed by atoms with Gasteiger partial charge in [0.25, 0.3) is 0 Å². The van der Waals surface area contributed by atoms with Gasteiger partial charge in [0, 0.05) is 12.1 Å². The topological polar surface area (TPSA) is 47.7 Å². The van der Waals surface area contributed by atoms with E-state index in [9.17, 15) is 0 Å². The number of nitrogens with two attached hydrogens (primary N) is 1. The van der Waals surface area contributed by atoms with Crippen molar-refractivity contribution in [3.05, 3.63) is 23.8 Å². The summed E-state index contributed by atoms with van der Waals surface area (Å²) in [6.45, 7) is 4.84. The molecule has 0 aromatic heterocycles. The Hall–Kier alpha value is -1.26. The minimum Gasteiger partial charge on any atom is -0.493 e. The highest BCUT2D eigenvalue weighted by atomic mass is 16.5. The summed E-state index contributed by atoms with van der Waals surface area (Å²) in [4.78, 5) is 2.32. The second kappa shape index (κ2) is 6.95. The van der Waals surface area contributed by atoms with Crippen LogP contribution in [0.15, 0.2) is 18.2 Å². The van der Waals surface area contributed by atoms with Crippen LogP contribution in [0, 0.1) is 0 Å². The van der Waals surface area contributed by atoms with E-state index in [0.717, 1.165) is 36.6 Å². The molecule has 0 amide bonds. The monoisotopic (exact) mass is 278 g/mol. The average Bonchev–Trinajstić information content (AvgIpc) is 2.46. The molecule has 4 nitrogen and oxygen atoms in total. The maximum atomic E-state index is 6.28. The smallest absolute Gasteiger partial charge is 0.165 e. The zero-order chi connectivity index (χ0) is 14.5. The predicted molar refractivity (Wildman–Crippen MR) is 81.6 cm³/mol. The minimum absolute atomic E-state index is 0.230. The van der Waals surface area contributed by atoms with Gasteiger partial charge in [-0.15, -0.1) is 0 Å². The van der Waals surface area contributed by atoms with Crippen LogP contribution in [-0.2, 0) is 0 Å². The highest BCUT2D eigenvalue weighted by Crippen LogP contribution is 2.36. The number of hydrogen-bond donors (Lipinski definition) is 1. The molecule has 20 heavy (non-hydrogen) atoms. The molecule has 2 atom stereocenters. The van der Waals surface area contributed by atoms with Crippen molar-refractivity contribution < 1.29 is 9.47 Å². The summed E-state index contributed by atoms with van der Waals surface area (Å²) in [6, 6.07) is 6.04. The van der Waals surface area contributed by atoms with Crippen molar-refractivity contribution >= 4 is 0 Å².